The van der Waals surface area contributed by atoms with E-state index in [2.05, 4.69) is 33.9 Å². The number of hydrogen-bond acceptors (Lipinski definition) is 3. The molecule has 0 aromatic heterocycles. The molecule has 124 valence electrons. The predicted molar refractivity (Wildman–Crippen MR) is 93.3 cm³/mol. The van der Waals surface area contributed by atoms with Gasteiger partial charge in [0.05, 0.1) is 6.10 Å². The Morgan fingerprint density at radius 3 is 2.09 bits per heavy atom. The highest BCUT2D eigenvalue weighted by atomic mass is 28.4. The zero-order chi connectivity index (χ0) is 17.1. The molecule has 0 bridgehead atoms. The number of rotatable bonds is 6. The van der Waals surface area contributed by atoms with Crippen LogP contribution in [0.5, 0.6) is 0 Å². The number of aliphatic hydroxyl groups is 1. The topological polar surface area (TPSA) is 46.5 Å². The van der Waals surface area contributed by atoms with E-state index < -0.39 is 26.4 Å². The Morgan fingerprint density at radius 2 is 1.64 bits per heavy atom. The second-order valence-corrected chi connectivity index (χ2v) is 12.3. The van der Waals surface area contributed by atoms with Gasteiger partial charge < -0.3 is 9.53 Å². The molecule has 0 aliphatic carbocycles. The lowest BCUT2D eigenvalue weighted by Gasteiger charge is -2.38. The lowest BCUT2D eigenvalue weighted by atomic mass is 9.92. The molecule has 1 aromatic carbocycles. The fraction of sp³-hybridized carbons (Fsp3) is 0.611. The molecule has 3 atom stereocenters. The number of hydrogen-bond donors (Lipinski definition) is 1. The Hall–Kier alpha value is -0.973. The molecule has 1 aromatic rings. The second-order valence-electron chi connectivity index (χ2n) is 7.57. The van der Waals surface area contributed by atoms with Gasteiger partial charge in [-0.15, -0.1) is 0 Å². The van der Waals surface area contributed by atoms with Crippen LogP contribution >= 0.6 is 0 Å². The molecular formula is C18H30O3Si. The molecule has 0 saturated heterocycles. The minimum atomic E-state index is -1.99. The Kier molecular flexibility index (Phi) is 6.13. The van der Waals surface area contributed by atoms with Crippen LogP contribution in [0.2, 0.25) is 18.1 Å². The molecule has 3 nitrogen and oxygen atoms in total. The molecule has 0 amide bonds. The Balaban J connectivity index is 2.78. The van der Waals surface area contributed by atoms with Gasteiger partial charge in [0.1, 0.15) is 6.10 Å². The Bertz CT molecular complexity index is 491. The standard InChI is InChI=1S/C18H30O3Si/c1-13(17(20)15-11-9-8-10-12-15)16(19)14(2)21-22(6,7)18(3,4)5/h8-14,17,20H,1-7H3/t13-,14-,17-/m0/s1. The van der Waals surface area contributed by atoms with Gasteiger partial charge in [-0.25, -0.2) is 0 Å². The highest BCUT2D eigenvalue weighted by molar-refractivity contribution is 6.74. The molecule has 0 aliphatic rings. The first-order chi connectivity index (χ1) is 9.97. The molecule has 0 fully saturated rings. The van der Waals surface area contributed by atoms with Crippen LogP contribution in [0.3, 0.4) is 0 Å². The summed E-state index contributed by atoms with van der Waals surface area (Å²) < 4.78 is 6.15. The quantitative estimate of drug-likeness (QED) is 0.793. The molecule has 0 heterocycles. The Labute approximate surface area is 135 Å². The summed E-state index contributed by atoms with van der Waals surface area (Å²) >= 11 is 0. The van der Waals surface area contributed by atoms with Gasteiger partial charge in [0, 0.05) is 5.92 Å². The molecule has 0 saturated carbocycles. The average Bonchev–Trinajstić information content (AvgIpc) is 2.44. The number of benzene rings is 1. The summed E-state index contributed by atoms with van der Waals surface area (Å²) in [5.41, 5.74) is 0.767. The monoisotopic (exact) mass is 322 g/mol. The molecule has 0 spiro atoms. The van der Waals surface area contributed by atoms with E-state index in [0.29, 0.717) is 0 Å². The number of carbonyl (C=O) groups is 1. The average molecular weight is 323 g/mol. The molecule has 0 aliphatic heterocycles. The highest BCUT2D eigenvalue weighted by Crippen LogP contribution is 2.38. The minimum absolute atomic E-state index is 0.0406. The largest absolute Gasteiger partial charge is 0.407 e. The third-order valence-electron chi connectivity index (χ3n) is 4.74. The molecule has 0 unspecified atom stereocenters. The maximum atomic E-state index is 12.6. The van der Waals surface area contributed by atoms with Gasteiger partial charge in [-0.05, 0) is 30.6 Å². The van der Waals surface area contributed by atoms with Crippen LogP contribution in [-0.2, 0) is 9.22 Å². The minimum Gasteiger partial charge on any atom is -0.407 e. The van der Waals surface area contributed by atoms with Crippen molar-refractivity contribution in [2.45, 2.75) is 65.0 Å². The Morgan fingerprint density at radius 1 is 1.14 bits per heavy atom. The maximum Gasteiger partial charge on any atom is 0.193 e. The molecule has 0 radical (unpaired) electrons. The highest BCUT2D eigenvalue weighted by Gasteiger charge is 2.40. The summed E-state index contributed by atoms with van der Waals surface area (Å²) in [5, 5.41) is 10.5. The summed E-state index contributed by atoms with van der Waals surface area (Å²) in [6, 6.07) is 9.31. The van der Waals surface area contributed by atoms with Crippen molar-refractivity contribution in [3.8, 4) is 0 Å². The van der Waals surface area contributed by atoms with E-state index in [1.54, 1.807) is 13.8 Å². The van der Waals surface area contributed by atoms with Crippen molar-refractivity contribution >= 4 is 14.1 Å². The van der Waals surface area contributed by atoms with Crippen molar-refractivity contribution in [1.29, 1.82) is 0 Å². The third kappa shape index (κ3) is 4.51. The van der Waals surface area contributed by atoms with Crippen LogP contribution in [-0.4, -0.2) is 25.3 Å². The van der Waals surface area contributed by atoms with Gasteiger partial charge >= 0.3 is 0 Å². The van der Waals surface area contributed by atoms with Crippen LogP contribution in [0.1, 0.15) is 46.3 Å². The van der Waals surface area contributed by atoms with Gasteiger partial charge in [0.25, 0.3) is 0 Å². The van der Waals surface area contributed by atoms with Gasteiger partial charge in [0.15, 0.2) is 14.1 Å². The van der Waals surface area contributed by atoms with Crippen LogP contribution in [0, 0.1) is 5.92 Å². The second kappa shape index (κ2) is 7.07. The molecular weight excluding hydrogens is 292 g/mol. The van der Waals surface area contributed by atoms with Crippen LogP contribution < -0.4 is 0 Å². The van der Waals surface area contributed by atoms with Crippen molar-refractivity contribution < 1.29 is 14.3 Å². The van der Waals surface area contributed by atoms with Crippen molar-refractivity contribution in [2.75, 3.05) is 0 Å². The first-order valence-electron chi connectivity index (χ1n) is 7.92. The SMILES string of the molecule is C[C@H](O[Si](C)(C)C(C)(C)C)C(=O)[C@H](C)[C@H](O)c1ccccc1. The normalized spacial score (nSPS) is 16.9. The predicted octanol–water partition coefficient (Wildman–Crippen LogP) is 4.34. The van der Waals surface area contributed by atoms with Gasteiger partial charge in [0.2, 0.25) is 0 Å². The first kappa shape index (κ1) is 19.1. The van der Waals surface area contributed by atoms with Gasteiger partial charge in [-0.2, -0.15) is 0 Å². The van der Waals surface area contributed by atoms with Gasteiger partial charge in [-0.1, -0.05) is 58.0 Å². The van der Waals surface area contributed by atoms with E-state index in [4.69, 9.17) is 4.43 Å². The van der Waals surface area contributed by atoms with Crippen molar-refractivity contribution in [3.63, 3.8) is 0 Å². The lowest BCUT2D eigenvalue weighted by Crippen LogP contribution is -2.46. The number of ketones is 1. The van der Waals surface area contributed by atoms with Crippen LogP contribution in [0.4, 0.5) is 0 Å². The smallest absolute Gasteiger partial charge is 0.193 e. The summed E-state index contributed by atoms with van der Waals surface area (Å²) in [6.45, 7) is 14.3. The molecule has 1 N–H and O–H groups in total. The van der Waals surface area contributed by atoms with Crippen LogP contribution in [0.15, 0.2) is 30.3 Å². The first-order valence-corrected chi connectivity index (χ1v) is 10.8. The van der Waals surface area contributed by atoms with Crippen molar-refractivity contribution in [1.82, 2.24) is 0 Å². The number of aliphatic hydroxyl groups excluding tert-OH is 1. The summed E-state index contributed by atoms with van der Waals surface area (Å²) in [4.78, 5) is 12.6. The summed E-state index contributed by atoms with van der Waals surface area (Å²) in [5.74, 6) is -0.525. The van der Waals surface area contributed by atoms with E-state index >= 15 is 0 Å². The van der Waals surface area contributed by atoms with E-state index in [9.17, 15) is 9.90 Å². The molecule has 4 heteroatoms. The van der Waals surface area contributed by atoms with Crippen LogP contribution in [0.25, 0.3) is 0 Å². The number of Topliss-reactive ketones (excluding diaryl/α,β-unsaturated/α-hetero) is 1. The summed E-state index contributed by atoms with van der Waals surface area (Å²) in [7, 11) is -1.99. The maximum absolute atomic E-state index is 12.6. The van der Waals surface area contributed by atoms with E-state index in [-0.39, 0.29) is 10.8 Å². The number of carbonyl (C=O) groups excluding carboxylic acids is 1. The fourth-order valence-corrected chi connectivity index (χ4v) is 3.50. The molecule has 22 heavy (non-hydrogen) atoms. The zero-order valence-electron chi connectivity index (χ0n) is 14.9. The van der Waals surface area contributed by atoms with E-state index in [1.807, 2.05) is 30.3 Å². The zero-order valence-corrected chi connectivity index (χ0v) is 15.9. The molecule has 1 rings (SSSR count). The van der Waals surface area contributed by atoms with E-state index in [0.717, 1.165) is 5.56 Å². The van der Waals surface area contributed by atoms with E-state index in [1.165, 1.54) is 0 Å². The fourth-order valence-electron chi connectivity index (χ4n) is 2.14. The lowest BCUT2D eigenvalue weighted by molar-refractivity contribution is -0.132. The summed E-state index contributed by atoms with van der Waals surface area (Å²) in [6.07, 6.45) is -1.28. The van der Waals surface area contributed by atoms with Gasteiger partial charge in [-0.3, -0.25) is 4.79 Å². The third-order valence-corrected chi connectivity index (χ3v) is 9.30. The van der Waals surface area contributed by atoms with Crippen molar-refractivity contribution in [3.05, 3.63) is 35.9 Å². The van der Waals surface area contributed by atoms with Crippen molar-refractivity contribution in [2.24, 2.45) is 5.92 Å².